The molecule has 0 aliphatic carbocycles. The minimum Gasteiger partial charge on any atom is -0.374 e. The van der Waals surface area contributed by atoms with Crippen LogP contribution in [0.25, 0.3) is 0 Å². The lowest BCUT2D eigenvalue weighted by Crippen LogP contribution is -2.31. The summed E-state index contributed by atoms with van der Waals surface area (Å²) in [6.07, 6.45) is 3.41. The number of aryl methyl sites for hydroxylation is 2. The molecular formula is C28H33F6N11O4S4. The number of anilines is 5. The summed E-state index contributed by atoms with van der Waals surface area (Å²) in [5.74, 6) is 0. The van der Waals surface area contributed by atoms with Crippen molar-refractivity contribution < 1.29 is 43.2 Å². The number of nitrogens with zero attached hydrogens (tertiary/aromatic N) is 8. The maximum absolute atomic E-state index is 12.8. The number of nitrogen functional groups attached to an aromatic ring is 1. The van der Waals surface area contributed by atoms with Gasteiger partial charge in [-0.1, -0.05) is 28.7 Å². The number of halogens is 6. The maximum atomic E-state index is 12.8. The maximum Gasteiger partial charge on any atom is 0.516 e. The number of alkyl halides is 6. The number of rotatable bonds is 8. The highest BCUT2D eigenvalue weighted by Crippen LogP contribution is 2.39. The largest absolute Gasteiger partial charge is 0.516 e. The van der Waals surface area contributed by atoms with Gasteiger partial charge in [-0.3, -0.25) is 9.44 Å². The van der Waals surface area contributed by atoms with Crippen molar-refractivity contribution in [3.05, 3.63) is 52.5 Å². The highest BCUT2D eigenvalue weighted by atomic mass is 32.2. The zero-order valence-electron chi connectivity index (χ0n) is 27.9. The first-order chi connectivity index (χ1) is 24.8. The fourth-order valence-corrected chi connectivity index (χ4v) is 6.92. The fourth-order valence-electron chi connectivity index (χ4n) is 5.14. The molecule has 2 aromatic heterocycles. The van der Waals surface area contributed by atoms with Crippen LogP contribution in [0.5, 0.6) is 0 Å². The van der Waals surface area contributed by atoms with Gasteiger partial charge in [0.25, 0.3) is 5.13 Å². The summed E-state index contributed by atoms with van der Waals surface area (Å²) >= 11 is 2.42. The number of hydrogen-bond donors (Lipinski definition) is 3. The molecule has 0 radical (unpaired) electrons. The van der Waals surface area contributed by atoms with Crippen LogP contribution in [0.2, 0.25) is 0 Å². The molecule has 0 unspecified atom stereocenters. The molecule has 15 nitrogen and oxygen atoms in total. The zero-order chi connectivity index (χ0) is 39.0. The van der Waals surface area contributed by atoms with Crippen molar-refractivity contribution >= 4 is 81.4 Å². The van der Waals surface area contributed by atoms with Gasteiger partial charge in [0.2, 0.25) is 5.13 Å². The van der Waals surface area contributed by atoms with Gasteiger partial charge < -0.3 is 15.5 Å². The zero-order valence-corrected chi connectivity index (χ0v) is 31.2. The fraction of sp³-hybridized carbons (Fsp3) is 0.429. The third-order valence-corrected chi connectivity index (χ3v) is 10.9. The summed E-state index contributed by atoms with van der Waals surface area (Å²) in [7, 11) is -11.0. The van der Waals surface area contributed by atoms with Crippen LogP contribution in [-0.4, -0.2) is 74.4 Å². The predicted molar refractivity (Wildman–Crippen MR) is 191 cm³/mol. The van der Waals surface area contributed by atoms with Gasteiger partial charge in [-0.15, -0.1) is 30.6 Å². The summed E-state index contributed by atoms with van der Waals surface area (Å²) < 4.78 is 124. The Hall–Kier alpha value is -4.36. The smallest absolute Gasteiger partial charge is 0.374 e. The van der Waals surface area contributed by atoms with Crippen molar-refractivity contribution in [3.63, 3.8) is 0 Å². The van der Waals surface area contributed by atoms with Crippen molar-refractivity contribution in [2.45, 2.75) is 50.5 Å². The van der Waals surface area contributed by atoms with Crippen molar-refractivity contribution in [1.29, 1.82) is 0 Å². The Balaban J connectivity index is 0.000000210. The molecule has 2 aliphatic heterocycles. The van der Waals surface area contributed by atoms with E-state index in [2.05, 4.69) is 30.6 Å². The van der Waals surface area contributed by atoms with E-state index in [1.165, 1.54) is 35.0 Å². The van der Waals surface area contributed by atoms with E-state index in [-0.39, 0.29) is 22.2 Å². The second-order valence-electron chi connectivity index (χ2n) is 11.0. The first-order valence-corrected chi connectivity index (χ1v) is 20.2. The first kappa shape index (κ1) is 41.4. The number of nitrogens with one attached hydrogen (secondary N) is 2. The van der Waals surface area contributed by atoms with Crippen LogP contribution >= 0.6 is 22.7 Å². The number of aromatic nitrogens is 4. The molecular weight excluding hydrogens is 797 g/mol. The summed E-state index contributed by atoms with van der Waals surface area (Å²) in [6.45, 7) is 6.78. The second-order valence-corrected chi connectivity index (χ2v) is 16.0. The summed E-state index contributed by atoms with van der Waals surface area (Å²) in [5.41, 5.74) is 0.363. The molecule has 25 heteroatoms. The number of nitrogens with two attached hydrogens (primary N) is 1. The SMILES string of the molecule is CCN1CCCc2cc(N=Nc3nncs3)c(NS(=O)(=O)C(F)(F)F)cc21.CCN1CCCc2ccc(NS(=O)(=O)C(F)(F)F)cc21.Nc1nncs1. The van der Waals surface area contributed by atoms with Gasteiger partial charge >= 0.3 is 31.1 Å². The Morgan fingerprint density at radius 3 is 1.85 bits per heavy atom. The highest BCUT2D eigenvalue weighted by molar-refractivity contribution is 7.93. The van der Waals surface area contributed by atoms with Gasteiger partial charge in [0.15, 0.2) is 0 Å². The van der Waals surface area contributed by atoms with Crippen molar-refractivity contribution in [2.75, 3.05) is 51.2 Å². The minimum atomic E-state index is -5.59. The lowest BCUT2D eigenvalue weighted by Gasteiger charge is -2.31. The van der Waals surface area contributed by atoms with Gasteiger partial charge in [0.1, 0.15) is 16.7 Å². The molecule has 0 saturated heterocycles. The van der Waals surface area contributed by atoms with Crippen LogP contribution in [0, 0.1) is 0 Å². The Kier molecular flexibility index (Phi) is 13.4. The molecule has 2 aliphatic rings. The lowest BCUT2D eigenvalue weighted by molar-refractivity contribution is -0.0435. The van der Waals surface area contributed by atoms with E-state index in [9.17, 15) is 43.2 Å². The van der Waals surface area contributed by atoms with E-state index in [0.29, 0.717) is 23.8 Å². The van der Waals surface area contributed by atoms with Gasteiger partial charge in [-0.05, 0) is 74.9 Å². The monoisotopic (exact) mass is 829 g/mol. The van der Waals surface area contributed by atoms with Gasteiger partial charge in [0.05, 0.1) is 11.4 Å². The number of benzene rings is 2. The number of azo groups is 1. The molecule has 290 valence electrons. The Labute approximate surface area is 308 Å². The third kappa shape index (κ3) is 10.8. The first-order valence-electron chi connectivity index (χ1n) is 15.5. The molecule has 0 saturated carbocycles. The molecule has 2 aromatic carbocycles. The standard InChI is InChI=1S/C14H15F3N6O2S2.C12H15F3N2O2S.C2H3N3S/c1-2-23-5-3-4-9-6-10(19-21-13-20-18-8-26-13)11(7-12(9)23)22-27(24,25)14(15,16)17;1-2-17-7-3-4-9-5-6-10(8-11(9)17)16-20(18,19)12(13,14)15;3-2-5-4-1-6-2/h6-8,22H,2-5H2,1H3;5-6,8,16H,2-4,7H2,1H3;1H,(H2,3,5). The average Bonchev–Trinajstić information content (AvgIpc) is 3.80. The molecule has 4 aromatic rings. The van der Waals surface area contributed by atoms with Crippen LogP contribution in [-0.2, 0) is 32.9 Å². The molecule has 0 fully saturated rings. The van der Waals surface area contributed by atoms with E-state index >= 15 is 0 Å². The summed E-state index contributed by atoms with van der Waals surface area (Å²) in [6, 6.07) is 7.42. The Morgan fingerprint density at radius 1 is 0.774 bits per heavy atom. The van der Waals surface area contributed by atoms with Crippen molar-refractivity contribution in [2.24, 2.45) is 10.2 Å². The molecule has 6 rings (SSSR count). The molecule has 0 atom stereocenters. The molecule has 0 amide bonds. The van der Waals surface area contributed by atoms with Crippen LogP contribution in [0.15, 0.2) is 51.6 Å². The highest BCUT2D eigenvalue weighted by Gasteiger charge is 2.47. The van der Waals surface area contributed by atoms with Gasteiger partial charge in [-0.25, -0.2) is 0 Å². The van der Waals surface area contributed by atoms with E-state index in [0.717, 1.165) is 67.0 Å². The minimum absolute atomic E-state index is 0.0188. The molecule has 53 heavy (non-hydrogen) atoms. The second kappa shape index (κ2) is 17.2. The summed E-state index contributed by atoms with van der Waals surface area (Å²) in [4.78, 5) is 3.99. The molecule has 4 N–H and O–H groups in total. The van der Waals surface area contributed by atoms with Crippen LogP contribution in [0.4, 0.5) is 65.0 Å². The Morgan fingerprint density at radius 2 is 1.34 bits per heavy atom. The van der Waals surface area contributed by atoms with Gasteiger partial charge in [-0.2, -0.15) is 43.2 Å². The normalized spacial score (nSPS) is 14.7. The van der Waals surface area contributed by atoms with Crippen LogP contribution < -0.4 is 25.0 Å². The predicted octanol–water partition coefficient (Wildman–Crippen LogP) is 6.83. The molecule has 4 heterocycles. The van der Waals surface area contributed by atoms with E-state index in [4.69, 9.17) is 5.73 Å². The van der Waals surface area contributed by atoms with Crippen molar-refractivity contribution in [3.8, 4) is 0 Å². The van der Waals surface area contributed by atoms with Crippen LogP contribution in [0.1, 0.15) is 37.8 Å². The molecule has 0 bridgehead atoms. The third-order valence-electron chi connectivity index (χ3n) is 7.55. The summed E-state index contributed by atoms with van der Waals surface area (Å²) in [5, 5.41) is 22.6. The lowest BCUT2D eigenvalue weighted by atomic mass is 10.0. The number of sulfonamides is 2. The van der Waals surface area contributed by atoms with Crippen LogP contribution in [0.3, 0.4) is 0 Å². The number of hydrogen-bond acceptors (Lipinski definition) is 15. The quantitative estimate of drug-likeness (QED) is 0.124. The average molecular weight is 830 g/mol. The topological polar surface area (TPSA) is 201 Å². The Bertz CT molecular complexity index is 2070. The van der Waals surface area contributed by atoms with Crippen molar-refractivity contribution in [1.82, 2.24) is 20.4 Å². The van der Waals surface area contributed by atoms with E-state index in [1.807, 2.05) is 23.6 Å². The van der Waals surface area contributed by atoms with E-state index < -0.39 is 31.1 Å². The number of fused-ring (bicyclic) bond motifs is 2. The molecule has 0 spiro atoms. The van der Waals surface area contributed by atoms with E-state index in [1.54, 1.807) is 27.1 Å². The van der Waals surface area contributed by atoms with Gasteiger partial charge in [0, 0.05) is 37.6 Å².